The van der Waals surface area contributed by atoms with Crippen LogP contribution in [-0.2, 0) is 9.47 Å². The molecule has 0 atom stereocenters. The van der Waals surface area contributed by atoms with Crippen molar-refractivity contribution in [1.29, 1.82) is 0 Å². The van der Waals surface area contributed by atoms with Gasteiger partial charge in [0, 0.05) is 36.4 Å². The quantitative estimate of drug-likeness (QED) is 0.397. The molecule has 0 spiro atoms. The summed E-state index contributed by atoms with van der Waals surface area (Å²) in [6.45, 7) is 2.78. The summed E-state index contributed by atoms with van der Waals surface area (Å²) >= 11 is 0. The first-order valence-electron chi connectivity index (χ1n) is 12.3. The molecule has 1 aliphatic carbocycles. The van der Waals surface area contributed by atoms with Crippen LogP contribution in [0.25, 0.3) is 22.3 Å². The second-order valence-corrected chi connectivity index (χ2v) is 9.17. The molecule has 2 aromatic heterocycles. The zero-order chi connectivity index (χ0) is 24.5. The van der Waals surface area contributed by atoms with E-state index in [1.807, 2.05) is 24.5 Å². The smallest absolute Gasteiger partial charge is 0.337 e. The minimum Gasteiger partial charge on any atom is -0.465 e. The van der Waals surface area contributed by atoms with Crippen LogP contribution in [0, 0.1) is 0 Å². The lowest BCUT2D eigenvalue weighted by molar-refractivity contribution is 0.0600. The first-order chi connectivity index (χ1) is 17.7. The van der Waals surface area contributed by atoms with E-state index in [4.69, 9.17) is 19.4 Å². The number of nitrogens with zero attached hydrogens (tertiary/aromatic N) is 5. The number of carbonyl (C=O) groups excluding carboxylic acids is 1. The van der Waals surface area contributed by atoms with Gasteiger partial charge >= 0.3 is 5.97 Å². The maximum atomic E-state index is 11.8. The number of hydrogen-bond donors (Lipinski definition) is 1. The molecule has 3 heterocycles. The van der Waals surface area contributed by atoms with Gasteiger partial charge in [-0.25, -0.2) is 14.8 Å². The number of ether oxygens (including phenoxy) is 2. The van der Waals surface area contributed by atoms with Crippen molar-refractivity contribution in [3.05, 3.63) is 60.4 Å². The van der Waals surface area contributed by atoms with E-state index < -0.39 is 0 Å². The van der Waals surface area contributed by atoms with Gasteiger partial charge in [0.25, 0.3) is 0 Å². The average Bonchev–Trinajstić information content (AvgIpc) is 3.30. The van der Waals surface area contributed by atoms with Gasteiger partial charge in [-0.1, -0.05) is 6.07 Å². The fourth-order valence-corrected chi connectivity index (χ4v) is 4.65. The van der Waals surface area contributed by atoms with Crippen molar-refractivity contribution in [1.82, 2.24) is 19.5 Å². The summed E-state index contributed by atoms with van der Waals surface area (Å²) in [5.74, 6) is 0.981. The number of hydrogen-bond acceptors (Lipinski definition) is 8. The van der Waals surface area contributed by atoms with E-state index >= 15 is 0 Å². The van der Waals surface area contributed by atoms with E-state index in [1.54, 1.807) is 12.1 Å². The van der Waals surface area contributed by atoms with Crippen LogP contribution >= 0.6 is 0 Å². The van der Waals surface area contributed by atoms with Gasteiger partial charge in [0.2, 0.25) is 5.95 Å². The predicted octanol–water partition coefficient (Wildman–Crippen LogP) is 4.59. The third kappa shape index (κ3) is 4.37. The summed E-state index contributed by atoms with van der Waals surface area (Å²) < 4.78 is 12.6. The summed E-state index contributed by atoms with van der Waals surface area (Å²) in [5, 5.41) is 3.38. The first kappa shape index (κ1) is 22.5. The number of rotatable bonds is 6. The van der Waals surface area contributed by atoms with Gasteiger partial charge in [-0.05, 0) is 55.7 Å². The van der Waals surface area contributed by atoms with Crippen molar-refractivity contribution >= 4 is 34.5 Å². The summed E-state index contributed by atoms with van der Waals surface area (Å²) in [4.78, 5) is 28.3. The third-order valence-electron chi connectivity index (χ3n) is 6.93. The molecule has 0 amide bonds. The van der Waals surface area contributed by atoms with Crippen LogP contribution in [0.3, 0.4) is 0 Å². The monoisotopic (exact) mass is 484 g/mol. The Kier molecular flexibility index (Phi) is 5.98. The number of methoxy groups -OCH3 is 1. The molecule has 1 saturated heterocycles. The Morgan fingerprint density at radius 3 is 2.58 bits per heavy atom. The Labute approximate surface area is 209 Å². The lowest BCUT2D eigenvalue weighted by atomic mass is 9.93. The fourth-order valence-electron chi connectivity index (χ4n) is 4.65. The van der Waals surface area contributed by atoms with Crippen LogP contribution in [0.2, 0.25) is 0 Å². The highest BCUT2D eigenvalue weighted by molar-refractivity contribution is 5.89. The van der Waals surface area contributed by atoms with Crippen LogP contribution in [-0.4, -0.2) is 58.9 Å². The zero-order valence-corrected chi connectivity index (χ0v) is 20.2. The Balaban J connectivity index is 1.37. The Bertz CT molecular complexity index is 1390. The highest BCUT2D eigenvalue weighted by atomic mass is 16.5. The molecule has 9 heteroatoms. The van der Waals surface area contributed by atoms with Crippen LogP contribution in [0.4, 0.5) is 17.5 Å². The molecule has 1 saturated carbocycles. The molecule has 2 aromatic carbocycles. The zero-order valence-electron chi connectivity index (χ0n) is 20.2. The number of esters is 1. The first-order valence-corrected chi connectivity index (χ1v) is 12.3. The average molecular weight is 485 g/mol. The van der Waals surface area contributed by atoms with Gasteiger partial charge in [0.05, 0.1) is 48.9 Å². The number of benzene rings is 2. The normalized spacial score (nSPS) is 16.1. The van der Waals surface area contributed by atoms with Crippen LogP contribution in [0.15, 0.2) is 54.9 Å². The molecule has 0 bridgehead atoms. The molecule has 2 aliphatic rings. The van der Waals surface area contributed by atoms with E-state index in [1.165, 1.54) is 26.4 Å². The SMILES string of the molecule is COC(=O)c1ccc(Nc2cc(-c3ccc4ncn(C5CCC5)c4c3)nc(N3CCOCC3)n2)cc1. The summed E-state index contributed by atoms with van der Waals surface area (Å²) in [7, 11) is 1.38. The molecule has 6 rings (SSSR count). The molecular formula is C27H28N6O3. The van der Waals surface area contributed by atoms with Crippen molar-refractivity contribution in [2.45, 2.75) is 25.3 Å². The maximum absolute atomic E-state index is 11.8. The number of fused-ring (bicyclic) bond motifs is 1. The van der Waals surface area contributed by atoms with Crippen molar-refractivity contribution < 1.29 is 14.3 Å². The number of nitrogens with one attached hydrogen (secondary N) is 1. The highest BCUT2D eigenvalue weighted by Crippen LogP contribution is 2.35. The van der Waals surface area contributed by atoms with E-state index in [-0.39, 0.29) is 5.97 Å². The van der Waals surface area contributed by atoms with Gasteiger partial charge in [-0.2, -0.15) is 4.98 Å². The summed E-state index contributed by atoms with van der Waals surface area (Å²) in [6, 6.07) is 15.9. The topological polar surface area (TPSA) is 94.4 Å². The lowest BCUT2D eigenvalue weighted by Crippen LogP contribution is -2.37. The molecule has 36 heavy (non-hydrogen) atoms. The van der Waals surface area contributed by atoms with Crippen LogP contribution in [0.5, 0.6) is 0 Å². The molecule has 0 radical (unpaired) electrons. The summed E-state index contributed by atoms with van der Waals surface area (Å²) in [6.07, 6.45) is 5.64. The van der Waals surface area contributed by atoms with E-state index in [2.05, 4.69) is 38.0 Å². The fraction of sp³-hybridized carbons (Fsp3) is 0.333. The van der Waals surface area contributed by atoms with E-state index in [9.17, 15) is 4.79 Å². The van der Waals surface area contributed by atoms with Crippen LogP contribution < -0.4 is 10.2 Å². The van der Waals surface area contributed by atoms with Gasteiger partial charge < -0.3 is 24.3 Å². The molecule has 184 valence electrons. The summed E-state index contributed by atoms with van der Waals surface area (Å²) in [5.41, 5.74) is 5.30. The van der Waals surface area contributed by atoms with Gasteiger partial charge in [0.1, 0.15) is 5.82 Å². The minimum absolute atomic E-state index is 0.364. The number of imidazole rings is 1. The van der Waals surface area contributed by atoms with E-state index in [0.717, 1.165) is 41.1 Å². The maximum Gasteiger partial charge on any atom is 0.337 e. The number of aromatic nitrogens is 4. The van der Waals surface area contributed by atoms with Crippen LogP contribution in [0.1, 0.15) is 35.7 Å². The number of anilines is 3. The van der Waals surface area contributed by atoms with Gasteiger partial charge in [0.15, 0.2) is 0 Å². The second kappa shape index (κ2) is 9.58. The molecule has 1 aliphatic heterocycles. The predicted molar refractivity (Wildman–Crippen MR) is 138 cm³/mol. The van der Waals surface area contributed by atoms with Gasteiger partial charge in [-0.15, -0.1) is 0 Å². The van der Waals surface area contributed by atoms with E-state index in [0.29, 0.717) is 36.6 Å². The molecule has 4 aromatic rings. The molecule has 0 unspecified atom stereocenters. The number of carbonyl (C=O) groups is 1. The Morgan fingerprint density at radius 1 is 1.06 bits per heavy atom. The standard InChI is InChI=1S/C27H28N6O3/c1-35-26(34)18-5-8-20(9-6-18)29-25-16-23(30-27(31-25)32-11-13-36-14-12-32)19-7-10-22-24(15-19)33(17-28-22)21-3-2-4-21/h5-10,15-17,21H,2-4,11-14H2,1H3,(H,29,30,31). The molecular weight excluding hydrogens is 456 g/mol. The van der Waals surface area contributed by atoms with Crippen molar-refractivity contribution in [2.75, 3.05) is 43.6 Å². The largest absolute Gasteiger partial charge is 0.465 e. The lowest BCUT2D eigenvalue weighted by Gasteiger charge is -2.28. The van der Waals surface area contributed by atoms with Crippen molar-refractivity contribution in [3.63, 3.8) is 0 Å². The third-order valence-corrected chi connectivity index (χ3v) is 6.93. The highest BCUT2D eigenvalue weighted by Gasteiger charge is 2.22. The second-order valence-electron chi connectivity index (χ2n) is 9.17. The Hall–Kier alpha value is -3.98. The molecule has 1 N–H and O–H groups in total. The van der Waals surface area contributed by atoms with Crippen molar-refractivity contribution in [3.8, 4) is 11.3 Å². The minimum atomic E-state index is -0.364. The molecule has 2 fully saturated rings. The Morgan fingerprint density at radius 2 is 1.86 bits per heavy atom. The van der Waals surface area contributed by atoms with Crippen molar-refractivity contribution in [2.24, 2.45) is 0 Å². The molecule has 9 nitrogen and oxygen atoms in total. The number of morpholine rings is 1. The van der Waals surface area contributed by atoms with Gasteiger partial charge in [-0.3, -0.25) is 0 Å².